The fourth-order valence-electron chi connectivity index (χ4n) is 3.00. The highest BCUT2D eigenvalue weighted by molar-refractivity contribution is 6.01. The molecule has 0 spiro atoms. The maximum absolute atomic E-state index is 12.2. The second-order valence-corrected chi connectivity index (χ2v) is 6.51. The van der Waals surface area contributed by atoms with E-state index in [4.69, 9.17) is 10.00 Å². The van der Waals surface area contributed by atoms with Crippen molar-refractivity contribution in [2.45, 2.75) is 0 Å². The highest BCUT2D eigenvalue weighted by atomic mass is 16.5. The van der Waals surface area contributed by atoms with Crippen molar-refractivity contribution < 1.29 is 14.3 Å². The number of nitriles is 1. The number of carbonyl (C=O) groups excluding carboxylic acids is 2. The number of methoxy groups -OCH3 is 1. The number of carbonyl (C=O) groups is 2. The summed E-state index contributed by atoms with van der Waals surface area (Å²) in [5.74, 6) is 1.07. The summed E-state index contributed by atoms with van der Waals surface area (Å²) in [5.41, 5.74) is 1.14. The number of imide groups is 1. The predicted molar refractivity (Wildman–Crippen MR) is 108 cm³/mol. The molecule has 1 fully saturated rings. The van der Waals surface area contributed by atoms with E-state index in [1.807, 2.05) is 4.90 Å². The predicted octanol–water partition coefficient (Wildman–Crippen LogP) is 1.43. The number of anilines is 2. The summed E-state index contributed by atoms with van der Waals surface area (Å²) in [6.07, 6.45) is 1.62. The zero-order valence-electron chi connectivity index (χ0n) is 16.1. The van der Waals surface area contributed by atoms with E-state index in [1.54, 1.807) is 49.7 Å². The van der Waals surface area contributed by atoms with Gasteiger partial charge in [0.05, 0.1) is 25.3 Å². The molecule has 1 aliphatic heterocycles. The third-order valence-electron chi connectivity index (χ3n) is 4.54. The molecule has 0 aliphatic carbocycles. The van der Waals surface area contributed by atoms with E-state index in [9.17, 15) is 9.59 Å². The van der Waals surface area contributed by atoms with Gasteiger partial charge in [-0.2, -0.15) is 5.26 Å². The zero-order chi connectivity index (χ0) is 20.6. The lowest BCUT2D eigenvalue weighted by Crippen LogP contribution is -2.50. The molecule has 2 N–H and O–H groups in total. The van der Waals surface area contributed by atoms with E-state index in [0.29, 0.717) is 43.2 Å². The summed E-state index contributed by atoms with van der Waals surface area (Å²) >= 11 is 0. The number of rotatable bonds is 5. The third kappa shape index (κ3) is 5.67. The van der Waals surface area contributed by atoms with Gasteiger partial charge in [-0.15, -0.1) is 0 Å². The van der Waals surface area contributed by atoms with Crippen molar-refractivity contribution in [2.24, 2.45) is 0 Å². The van der Waals surface area contributed by atoms with Crippen molar-refractivity contribution in [3.05, 3.63) is 48.2 Å². The summed E-state index contributed by atoms with van der Waals surface area (Å²) in [5, 5.41) is 14.0. The SMILES string of the molecule is COc1ccc(NC(=O)NC(=O)CN2CCN(c3cc(C#N)ccn3)CC2)cc1. The molecule has 0 atom stereocenters. The van der Waals surface area contributed by atoms with Crippen LogP contribution in [0.3, 0.4) is 0 Å². The Hall–Kier alpha value is -3.64. The fourth-order valence-corrected chi connectivity index (χ4v) is 3.00. The average Bonchev–Trinajstić information content (AvgIpc) is 2.74. The molecule has 1 aliphatic rings. The number of amides is 3. The molecule has 2 aromatic rings. The van der Waals surface area contributed by atoms with Crippen molar-refractivity contribution in [3.8, 4) is 11.8 Å². The van der Waals surface area contributed by atoms with Gasteiger partial charge in [-0.1, -0.05) is 0 Å². The van der Waals surface area contributed by atoms with Gasteiger partial charge in [0.1, 0.15) is 11.6 Å². The summed E-state index contributed by atoms with van der Waals surface area (Å²) in [6.45, 7) is 2.83. The van der Waals surface area contributed by atoms with Crippen molar-refractivity contribution in [1.82, 2.24) is 15.2 Å². The van der Waals surface area contributed by atoms with Crippen molar-refractivity contribution in [1.29, 1.82) is 5.26 Å². The van der Waals surface area contributed by atoms with Crippen molar-refractivity contribution >= 4 is 23.4 Å². The van der Waals surface area contributed by atoms with E-state index in [0.717, 1.165) is 5.82 Å². The molecule has 0 unspecified atom stereocenters. The lowest BCUT2D eigenvalue weighted by atomic mass is 10.2. The topological polar surface area (TPSA) is 111 Å². The van der Waals surface area contributed by atoms with Crippen LogP contribution >= 0.6 is 0 Å². The van der Waals surface area contributed by atoms with Gasteiger partial charge in [0.25, 0.3) is 0 Å². The van der Waals surface area contributed by atoms with Crippen LogP contribution in [0.5, 0.6) is 5.75 Å². The molecule has 9 heteroatoms. The monoisotopic (exact) mass is 394 g/mol. The molecule has 1 aromatic carbocycles. The van der Waals surface area contributed by atoms with Gasteiger partial charge in [-0.05, 0) is 36.4 Å². The Kier molecular flexibility index (Phi) is 6.60. The Balaban J connectivity index is 1.43. The molecular formula is C20H22N6O3. The van der Waals surface area contributed by atoms with Gasteiger partial charge in [0.15, 0.2) is 0 Å². The number of aromatic nitrogens is 1. The van der Waals surface area contributed by atoms with Gasteiger partial charge >= 0.3 is 6.03 Å². The molecule has 29 heavy (non-hydrogen) atoms. The van der Waals surface area contributed by atoms with Gasteiger partial charge < -0.3 is 15.0 Å². The minimum Gasteiger partial charge on any atom is -0.497 e. The Morgan fingerprint density at radius 3 is 2.55 bits per heavy atom. The number of urea groups is 1. The molecule has 1 saturated heterocycles. The Morgan fingerprint density at radius 1 is 1.17 bits per heavy atom. The summed E-state index contributed by atoms with van der Waals surface area (Å²) in [4.78, 5) is 32.5. The molecule has 0 bridgehead atoms. The minimum absolute atomic E-state index is 0.134. The lowest BCUT2D eigenvalue weighted by Gasteiger charge is -2.34. The molecule has 9 nitrogen and oxygen atoms in total. The largest absolute Gasteiger partial charge is 0.497 e. The first kappa shape index (κ1) is 20.1. The number of hydrogen-bond acceptors (Lipinski definition) is 7. The van der Waals surface area contributed by atoms with Crippen LogP contribution in [0.1, 0.15) is 5.56 Å². The van der Waals surface area contributed by atoms with Crippen LogP contribution in [0, 0.1) is 11.3 Å². The molecular weight excluding hydrogens is 372 g/mol. The van der Waals surface area contributed by atoms with E-state index in [1.165, 1.54) is 0 Å². The quantitative estimate of drug-likeness (QED) is 0.789. The van der Waals surface area contributed by atoms with Crippen molar-refractivity contribution in [3.63, 3.8) is 0 Å². The lowest BCUT2D eigenvalue weighted by molar-refractivity contribution is -0.121. The molecule has 150 valence electrons. The number of nitrogens with one attached hydrogen (secondary N) is 2. The highest BCUT2D eigenvalue weighted by Crippen LogP contribution is 2.15. The molecule has 0 saturated carbocycles. The van der Waals surface area contributed by atoms with E-state index in [-0.39, 0.29) is 12.5 Å². The summed E-state index contributed by atoms with van der Waals surface area (Å²) < 4.78 is 5.06. The number of benzene rings is 1. The first-order chi connectivity index (χ1) is 14.1. The van der Waals surface area contributed by atoms with Crippen LogP contribution < -0.4 is 20.3 Å². The Morgan fingerprint density at radius 2 is 1.90 bits per heavy atom. The molecule has 3 rings (SSSR count). The number of nitrogens with zero attached hydrogens (tertiary/aromatic N) is 4. The summed E-state index contributed by atoms with van der Waals surface area (Å²) in [6, 6.07) is 11.8. The molecule has 0 radical (unpaired) electrons. The average molecular weight is 394 g/mol. The van der Waals surface area contributed by atoms with Gasteiger partial charge in [-0.3, -0.25) is 15.0 Å². The van der Waals surface area contributed by atoms with Crippen molar-refractivity contribution in [2.75, 3.05) is 50.1 Å². The van der Waals surface area contributed by atoms with E-state index >= 15 is 0 Å². The van der Waals surface area contributed by atoms with Crippen LogP contribution in [0.2, 0.25) is 0 Å². The van der Waals surface area contributed by atoms with E-state index in [2.05, 4.69) is 26.6 Å². The van der Waals surface area contributed by atoms with Crippen LogP contribution in [-0.2, 0) is 4.79 Å². The number of piperazine rings is 1. The molecule has 1 aromatic heterocycles. The smallest absolute Gasteiger partial charge is 0.325 e. The van der Waals surface area contributed by atoms with Crippen LogP contribution in [0.15, 0.2) is 42.6 Å². The standard InChI is InChI=1S/C20H22N6O3/c1-29-17-4-2-16(3-5-17)23-20(28)24-19(27)14-25-8-10-26(11-9-25)18-12-15(13-21)6-7-22-18/h2-7,12H,8-11,14H2,1H3,(H2,23,24,27,28). The van der Waals surface area contributed by atoms with Gasteiger partial charge in [-0.25, -0.2) is 9.78 Å². The Bertz CT molecular complexity index is 901. The second kappa shape index (κ2) is 9.52. The van der Waals surface area contributed by atoms with Crippen LogP contribution in [0.25, 0.3) is 0 Å². The maximum atomic E-state index is 12.2. The van der Waals surface area contributed by atoms with E-state index < -0.39 is 6.03 Å². The first-order valence-corrected chi connectivity index (χ1v) is 9.16. The number of hydrogen-bond donors (Lipinski definition) is 2. The number of ether oxygens (including phenoxy) is 1. The Labute approximate surface area is 168 Å². The second-order valence-electron chi connectivity index (χ2n) is 6.51. The molecule has 2 heterocycles. The maximum Gasteiger partial charge on any atom is 0.325 e. The fraction of sp³-hybridized carbons (Fsp3) is 0.300. The minimum atomic E-state index is -0.573. The normalized spacial score (nSPS) is 14.0. The van der Waals surface area contributed by atoms with Crippen LogP contribution in [0.4, 0.5) is 16.3 Å². The third-order valence-corrected chi connectivity index (χ3v) is 4.54. The number of pyridine rings is 1. The van der Waals surface area contributed by atoms with Crippen LogP contribution in [-0.4, -0.2) is 61.7 Å². The zero-order valence-corrected chi connectivity index (χ0v) is 16.1. The van der Waals surface area contributed by atoms with Gasteiger partial charge in [0, 0.05) is 38.1 Å². The molecule has 3 amide bonds. The summed E-state index contributed by atoms with van der Waals surface area (Å²) in [7, 11) is 1.56. The van der Waals surface area contributed by atoms with Gasteiger partial charge in [0.2, 0.25) is 5.91 Å². The highest BCUT2D eigenvalue weighted by Gasteiger charge is 2.21. The first-order valence-electron chi connectivity index (χ1n) is 9.16.